The van der Waals surface area contributed by atoms with Gasteiger partial charge in [-0.3, -0.25) is 0 Å². The highest BCUT2D eigenvalue weighted by Crippen LogP contribution is 2.44. The quantitative estimate of drug-likeness (QED) is 0.637. The summed E-state index contributed by atoms with van der Waals surface area (Å²) in [5.41, 5.74) is 2.31. The van der Waals surface area contributed by atoms with E-state index in [2.05, 4.69) is 16.4 Å². The Labute approximate surface area is 172 Å². The maximum absolute atomic E-state index is 9.64. The van der Waals surface area contributed by atoms with E-state index >= 15 is 0 Å². The Balaban J connectivity index is 1.79. The van der Waals surface area contributed by atoms with Gasteiger partial charge in [-0.2, -0.15) is 10.5 Å². The highest BCUT2D eigenvalue weighted by atomic mass is 16.7. The fraction of sp³-hybridized carbons (Fsp3) is 0.136. The van der Waals surface area contributed by atoms with Gasteiger partial charge in [-0.05, 0) is 30.3 Å². The summed E-state index contributed by atoms with van der Waals surface area (Å²) in [6.07, 6.45) is 3.01. The van der Waals surface area contributed by atoms with Crippen LogP contribution in [-0.2, 0) is 0 Å². The molecule has 0 saturated heterocycles. The lowest BCUT2D eigenvalue weighted by molar-refractivity contribution is 0.174. The molecule has 1 aromatic heterocycles. The van der Waals surface area contributed by atoms with Gasteiger partial charge in [0, 0.05) is 23.1 Å². The molecule has 0 bridgehead atoms. The summed E-state index contributed by atoms with van der Waals surface area (Å²) >= 11 is 0. The van der Waals surface area contributed by atoms with Crippen molar-refractivity contribution in [1.82, 2.24) is 4.98 Å². The lowest BCUT2D eigenvalue weighted by Crippen LogP contribution is -2.00. The summed E-state index contributed by atoms with van der Waals surface area (Å²) in [4.78, 5) is 4.60. The molecule has 0 fully saturated rings. The second kappa shape index (κ2) is 7.90. The number of nitrogens with zero attached hydrogens (tertiary/aromatic N) is 3. The molecule has 0 atom stereocenters. The minimum atomic E-state index is 0.0642. The van der Waals surface area contributed by atoms with Crippen molar-refractivity contribution >= 4 is 28.5 Å². The lowest BCUT2D eigenvalue weighted by atomic mass is 10.1. The van der Waals surface area contributed by atoms with Crippen LogP contribution < -0.4 is 24.3 Å². The van der Waals surface area contributed by atoms with Crippen LogP contribution in [0.2, 0.25) is 0 Å². The molecule has 8 heteroatoms. The molecule has 4 rings (SSSR count). The molecule has 2 heterocycles. The summed E-state index contributed by atoms with van der Waals surface area (Å²) in [5, 5.41) is 22.3. The number of nitrogens with one attached hydrogen (secondary N) is 1. The van der Waals surface area contributed by atoms with Crippen molar-refractivity contribution in [1.29, 1.82) is 10.5 Å². The van der Waals surface area contributed by atoms with Gasteiger partial charge in [0.25, 0.3) is 0 Å². The summed E-state index contributed by atoms with van der Waals surface area (Å²) in [7, 11) is 3.10. The van der Waals surface area contributed by atoms with E-state index in [9.17, 15) is 5.26 Å². The number of allylic oxidation sites excluding steroid dienone is 1. The standard InChI is InChI=1S/C22H16N4O4/c1-27-18-9-14-8-15(11-24)22(26-17(14)10-19(18)28-2)25-16-6-5-13(4-3-7-23)20-21(16)30-12-29-20/h3-6,8-10H,12H2,1-2H3,(H,25,26)/b4-3+. The molecule has 0 saturated carbocycles. The molecule has 0 radical (unpaired) electrons. The number of hydrogen-bond donors (Lipinski definition) is 1. The smallest absolute Gasteiger partial charge is 0.231 e. The Morgan fingerprint density at radius 2 is 1.83 bits per heavy atom. The zero-order valence-electron chi connectivity index (χ0n) is 16.2. The molecule has 1 N–H and O–H groups in total. The predicted molar refractivity (Wildman–Crippen MR) is 110 cm³/mol. The van der Waals surface area contributed by atoms with Crippen molar-refractivity contribution in [3.63, 3.8) is 0 Å². The van der Waals surface area contributed by atoms with E-state index in [-0.39, 0.29) is 6.79 Å². The van der Waals surface area contributed by atoms with Crippen LogP contribution in [0.4, 0.5) is 11.5 Å². The van der Waals surface area contributed by atoms with E-state index in [1.54, 1.807) is 50.6 Å². The van der Waals surface area contributed by atoms with E-state index < -0.39 is 0 Å². The fourth-order valence-electron chi connectivity index (χ4n) is 3.18. The van der Waals surface area contributed by atoms with E-state index in [0.29, 0.717) is 45.6 Å². The topological polar surface area (TPSA) is 109 Å². The zero-order chi connectivity index (χ0) is 21.1. The number of nitriles is 2. The van der Waals surface area contributed by atoms with Gasteiger partial charge < -0.3 is 24.3 Å². The van der Waals surface area contributed by atoms with Gasteiger partial charge in [-0.15, -0.1) is 0 Å². The van der Waals surface area contributed by atoms with Crippen LogP contribution in [0.1, 0.15) is 11.1 Å². The monoisotopic (exact) mass is 400 g/mol. The summed E-state index contributed by atoms with van der Waals surface area (Å²) in [5.74, 6) is 2.49. The number of aromatic nitrogens is 1. The zero-order valence-corrected chi connectivity index (χ0v) is 16.2. The minimum Gasteiger partial charge on any atom is -0.493 e. The molecule has 148 valence electrons. The van der Waals surface area contributed by atoms with Crippen molar-refractivity contribution in [2.45, 2.75) is 0 Å². The van der Waals surface area contributed by atoms with Crippen molar-refractivity contribution in [2.75, 3.05) is 26.3 Å². The highest BCUT2D eigenvalue weighted by molar-refractivity contribution is 5.87. The van der Waals surface area contributed by atoms with Crippen LogP contribution in [0.5, 0.6) is 23.0 Å². The third-order valence-corrected chi connectivity index (χ3v) is 4.58. The Kier molecular flexibility index (Phi) is 4.98. The van der Waals surface area contributed by atoms with Gasteiger partial charge >= 0.3 is 0 Å². The van der Waals surface area contributed by atoms with Gasteiger partial charge in [-0.25, -0.2) is 4.98 Å². The number of ether oxygens (including phenoxy) is 4. The number of fused-ring (bicyclic) bond motifs is 2. The number of pyridine rings is 1. The third-order valence-electron chi connectivity index (χ3n) is 4.58. The molecule has 1 aliphatic rings. The van der Waals surface area contributed by atoms with Crippen LogP contribution in [0, 0.1) is 22.7 Å². The number of methoxy groups -OCH3 is 2. The molecular weight excluding hydrogens is 384 g/mol. The van der Waals surface area contributed by atoms with E-state index in [0.717, 1.165) is 10.9 Å². The first-order chi connectivity index (χ1) is 14.7. The van der Waals surface area contributed by atoms with E-state index in [4.69, 9.17) is 24.2 Å². The SMILES string of the molecule is COc1cc2cc(C#N)c(Nc3ccc(/C=C/C#N)c4c3OCO4)nc2cc1OC. The molecule has 0 spiro atoms. The van der Waals surface area contributed by atoms with Gasteiger partial charge in [0.1, 0.15) is 11.9 Å². The third kappa shape index (κ3) is 3.27. The van der Waals surface area contributed by atoms with Gasteiger partial charge in [0.15, 0.2) is 23.0 Å². The normalized spacial score (nSPS) is 11.9. The second-order valence-electron chi connectivity index (χ2n) is 6.25. The van der Waals surface area contributed by atoms with Crippen molar-refractivity contribution in [3.05, 3.63) is 47.5 Å². The molecule has 1 aliphatic heterocycles. The van der Waals surface area contributed by atoms with E-state index in [1.807, 2.05) is 6.07 Å². The van der Waals surface area contributed by atoms with Crippen LogP contribution in [0.25, 0.3) is 17.0 Å². The van der Waals surface area contributed by atoms with Gasteiger partial charge in [0.2, 0.25) is 6.79 Å². The first-order valence-corrected chi connectivity index (χ1v) is 8.91. The molecule has 3 aromatic rings. The number of anilines is 2. The molecule has 0 amide bonds. The summed E-state index contributed by atoms with van der Waals surface area (Å²) in [6, 6.07) is 13.0. The number of rotatable bonds is 5. The Bertz CT molecular complexity index is 1250. The molecule has 2 aromatic carbocycles. The lowest BCUT2D eigenvalue weighted by Gasteiger charge is -2.13. The van der Waals surface area contributed by atoms with Crippen LogP contribution in [-0.4, -0.2) is 26.0 Å². The first-order valence-electron chi connectivity index (χ1n) is 8.91. The van der Waals surface area contributed by atoms with Crippen molar-refractivity contribution < 1.29 is 18.9 Å². The Morgan fingerprint density at radius 1 is 1.07 bits per heavy atom. The summed E-state index contributed by atoms with van der Waals surface area (Å²) < 4.78 is 21.8. The molecule has 0 aliphatic carbocycles. The van der Waals surface area contributed by atoms with Crippen molar-refractivity contribution in [2.24, 2.45) is 0 Å². The largest absolute Gasteiger partial charge is 0.493 e. The Hall–Kier alpha value is -4.43. The molecule has 30 heavy (non-hydrogen) atoms. The first kappa shape index (κ1) is 18.9. The maximum Gasteiger partial charge on any atom is 0.231 e. The Morgan fingerprint density at radius 3 is 2.57 bits per heavy atom. The van der Waals surface area contributed by atoms with Gasteiger partial charge in [0.05, 0.1) is 37.1 Å². The van der Waals surface area contributed by atoms with Crippen molar-refractivity contribution in [3.8, 4) is 35.1 Å². The fourth-order valence-corrected chi connectivity index (χ4v) is 3.18. The highest BCUT2D eigenvalue weighted by Gasteiger charge is 2.22. The second-order valence-corrected chi connectivity index (χ2v) is 6.25. The molecular formula is C22H16N4O4. The number of benzene rings is 2. The predicted octanol–water partition coefficient (Wildman–Crippen LogP) is 4.13. The minimum absolute atomic E-state index is 0.0642. The van der Waals surface area contributed by atoms with Crippen LogP contribution in [0.3, 0.4) is 0 Å². The van der Waals surface area contributed by atoms with Crippen LogP contribution in [0.15, 0.2) is 36.4 Å². The van der Waals surface area contributed by atoms with E-state index in [1.165, 1.54) is 6.08 Å². The molecule has 0 unspecified atom stereocenters. The number of hydrogen-bond acceptors (Lipinski definition) is 8. The average Bonchev–Trinajstić information content (AvgIpc) is 3.27. The summed E-state index contributed by atoms with van der Waals surface area (Å²) in [6.45, 7) is 0.0642. The average molecular weight is 400 g/mol. The van der Waals surface area contributed by atoms with Crippen LogP contribution >= 0.6 is 0 Å². The maximum atomic E-state index is 9.64. The molecule has 8 nitrogen and oxygen atoms in total. The van der Waals surface area contributed by atoms with Gasteiger partial charge in [-0.1, -0.05) is 0 Å².